The van der Waals surface area contributed by atoms with Crippen molar-refractivity contribution in [3.63, 3.8) is 0 Å². The van der Waals surface area contributed by atoms with Gasteiger partial charge in [0.05, 0.1) is 24.2 Å². The van der Waals surface area contributed by atoms with Crippen molar-refractivity contribution < 1.29 is 42.9 Å². The Morgan fingerprint density at radius 3 is 2.58 bits per heavy atom. The van der Waals surface area contributed by atoms with Gasteiger partial charge in [-0.15, -0.1) is 8.78 Å². The molecule has 1 spiro atoms. The minimum Gasteiger partial charge on any atom is -0.395 e. The van der Waals surface area contributed by atoms with E-state index < -0.39 is 59.3 Å². The number of guanidine groups is 2. The summed E-state index contributed by atoms with van der Waals surface area (Å²) in [6.45, 7) is -0.559. The van der Waals surface area contributed by atoms with Crippen molar-refractivity contribution in [2.45, 2.75) is 48.7 Å². The molecule has 0 saturated carbocycles. The van der Waals surface area contributed by atoms with E-state index in [1.54, 1.807) is 0 Å². The van der Waals surface area contributed by atoms with Crippen molar-refractivity contribution in [3.05, 3.63) is 23.8 Å². The number of fused-ring (bicyclic) bond motifs is 1. The largest absolute Gasteiger partial charge is 0.586 e. The average Bonchev–Trinajstić information content (AvgIpc) is 3.52. The number of imide groups is 1. The lowest BCUT2D eigenvalue weighted by Gasteiger charge is -2.51. The number of rotatable bonds is 4. The Morgan fingerprint density at radius 1 is 1.16 bits per heavy atom. The van der Waals surface area contributed by atoms with Crippen LogP contribution in [0.15, 0.2) is 18.2 Å². The van der Waals surface area contributed by atoms with Crippen LogP contribution < -0.4 is 30.7 Å². The molecule has 4 saturated heterocycles. The van der Waals surface area contributed by atoms with E-state index in [2.05, 4.69) is 30.7 Å². The summed E-state index contributed by atoms with van der Waals surface area (Å²) in [5.41, 5.74) is -2.33. The fraction of sp³-hybridized carbons (Fsp3) is 0.476. The second-order valence-corrected chi connectivity index (χ2v) is 9.55. The number of aliphatic hydroxyl groups is 2. The maximum absolute atomic E-state index is 13.6. The molecule has 4 atom stereocenters. The number of likely N-dealkylation sites (tertiary alicyclic amines) is 1. The zero-order valence-electron chi connectivity index (χ0n) is 19.4. The normalized spacial score (nSPS) is 31.9. The van der Waals surface area contributed by atoms with Gasteiger partial charge in [-0.2, -0.15) is 0 Å². The van der Waals surface area contributed by atoms with Gasteiger partial charge in [-0.3, -0.25) is 30.1 Å². The number of amides is 3. The number of carbonyl (C=O) groups is 3. The summed E-state index contributed by atoms with van der Waals surface area (Å²) in [5.74, 6) is -6.22. The van der Waals surface area contributed by atoms with Crippen molar-refractivity contribution in [1.82, 2.24) is 31.1 Å². The minimum atomic E-state index is -3.98. The molecule has 0 aromatic heterocycles. The molecule has 38 heavy (non-hydrogen) atoms. The van der Waals surface area contributed by atoms with Gasteiger partial charge in [0.15, 0.2) is 29.1 Å². The van der Waals surface area contributed by atoms with Gasteiger partial charge in [-0.25, -0.2) is 0 Å². The summed E-state index contributed by atoms with van der Waals surface area (Å²) in [4.78, 5) is 39.7. The SMILES string of the molecule is N=C1N[C@H]2[C@H](CN3C(=O)CCC3=O)NC(=N)N3CC(NC(=O)c4cccc5c4OC(F)(F)O5)C(O)(O)[C@]23N1. The van der Waals surface area contributed by atoms with E-state index in [9.17, 15) is 33.4 Å². The highest BCUT2D eigenvalue weighted by Gasteiger charge is 2.74. The molecule has 8 N–H and O–H groups in total. The zero-order valence-corrected chi connectivity index (χ0v) is 19.4. The number of benzene rings is 1. The van der Waals surface area contributed by atoms with Crippen molar-refractivity contribution in [1.29, 1.82) is 10.8 Å². The van der Waals surface area contributed by atoms with Gasteiger partial charge < -0.3 is 45.9 Å². The van der Waals surface area contributed by atoms with Gasteiger partial charge in [0.25, 0.3) is 5.91 Å². The third kappa shape index (κ3) is 3.21. The third-order valence-electron chi connectivity index (χ3n) is 7.41. The van der Waals surface area contributed by atoms with Crippen LogP contribution in [-0.4, -0.2) is 98.6 Å². The van der Waals surface area contributed by atoms with Gasteiger partial charge in [0, 0.05) is 19.4 Å². The van der Waals surface area contributed by atoms with Crippen LogP contribution in [0.2, 0.25) is 0 Å². The third-order valence-corrected chi connectivity index (χ3v) is 7.41. The Morgan fingerprint density at radius 2 is 1.87 bits per heavy atom. The Kier molecular flexibility index (Phi) is 4.84. The summed E-state index contributed by atoms with van der Waals surface area (Å²) < 4.78 is 36.0. The molecule has 0 radical (unpaired) electrons. The Hall–Kier alpha value is -4.25. The molecule has 1 unspecified atom stereocenters. The van der Waals surface area contributed by atoms with Crippen molar-refractivity contribution in [2.75, 3.05) is 13.1 Å². The van der Waals surface area contributed by atoms with E-state index in [1.807, 2.05) is 0 Å². The van der Waals surface area contributed by atoms with Crippen LogP contribution in [0.5, 0.6) is 11.5 Å². The monoisotopic (exact) mass is 536 g/mol. The Balaban J connectivity index is 1.30. The lowest BCUT2D eigenvalue weighted by molar-refractivity contribution is -0.286. The van der Waals surface area contributed by atoms with Crippen LogP contribution in [0.3, 0.4) is 0 Å². The van der Waals surface area contributed by atoms with Crippen molar-refractivity contribution in [2.24, 2.45) is 0 Å². The quantitative estimate of drug-likeness (QED) is 0.147. The lowest BCUT2D eigenvalue weighted by atomic mass is 9.84. The molecule has 17 heteroatoms. The van der Waals surface area contributed by atoms with E-state index in [0.717, 1.165) is 4.90 Å². The summed E-state index contributed by atoms with van der Waals surface area (Å²) in [7, 11) is 0. The number of ether oxygens (including phenoxy) is 2. The van der Waals surface area contributed by atoms with E-state index >= 15 is 0 Å². The number of carbonyl (C=O) groups excluding carboxylic acids is 3. The van der Waals surface area contributed by atoms with Crippen LogP contribution in [-0.2, 0) is 9.59 Å². The lowest BCUT2D eigenvalue weighted by Crippen LogP contribution is -2.81. The van der Waals surface area contributed by atoms with Gasteiger partial charge in [-0.05, 0) is 12.1 Å². The first-order chi connectivity index (χ1) is 17.8. The molecule has 202 valence electrons. The molecule has 6 rings (SSSR count). The number of hydrogen-bond donors (Lipinski definition) is 8. The molecule has 5 aliphatic heterocycles. The number of halogens is 2. The summed E-state index contributed by atoms with van der Waals surface area (Å²) in [5, 5.41) is 50.2. The highest BCUT2D eigenvalue weighted by molar-refractivity contribution is 6.02. The second-order valence-electron chi connectivity index (χ2n) is 9.55. The first-order valence-electron chi connectivity index (χ1n) is 11.6. The van der Waals surface area contributed by atoms with Gasteiger partial charge >= 0.3 is 6.29 Å². The van der Waals surface area contributed by atoms with Crippen LogP contribution in [0.4, 0.5) is 8.78 Å². The second kappa shape index (κ2) is 7.64. The fourth-order valence-corrected chi connectivity index (χ4v) is 5.74. The van der Waals surface area contributed by atoms with E-state index in [-0.39, 0.29) is 49.2 Å². The fourth-order valence-electron chi connectivity index (χ4n) is 5.74. The maximum atomic E-state index is 13.6. The van der Waals surface area contributed by atoms with Crippen LogP contribution >= 0.6 is 0 Å². The summed E-state index contributed by atoms with van der Waals surface area (Å²) >= 11 is 0. The molecule has 0 bridgehead atoms. The molecule has 5 heterocycles. The van der Waals surface area contributed by atoms with Crippen molar-refractivity contribution in [3.8, 4) is 11.5 Å². The first-order valence-corrected chi connectivity index (χ1v) is 11.6. The van der Waals surface area contributed by atoms with Gasteiger partial charge in [0.2, 0.25) is 17.6 Å². The predicted molar refractivity (Wildman–Crippen MR) is 119 cm³/mol. The first kappa shape index (κ1) is 24.1. The predicted octanol–water partition coefficient (Wildman–Crippen LogP) is -2.65. The average molecular weight is 536 g/mol. The number of nitrogens with one attached hydrogen (secondary N) is 6. The van der Waals surface area contributed by atoms with Gasteiger partial charge in [-0.1, -0.05) is 6.07 Å². The molecule has 5 aliphatic rings. The van der Waals surface area contributed by atoms with E-state index in [0.29, 0.717) is 0 Å². The van der Waals surface area contributed by atoms with Gasteiger partial charge in [0.1, 0.15) is 6.04 Å². The van der Waals surface area contributed by atoms with Crippen LogP contribution in [0.25, 0.3) is 0 Å². The Bertz CT molecular complexity index is 1290. The van der Waals surface area contributed by atoms with Crippen molar-refractivity contribution >= 4 is 29.6 Å². The molecule has 15 nitrogen and oxygen atoms in total. The number of nitrogens with zero attached hydrogens (tertiary/aromatic N) is 2. The molecular formula is C21H22F2N8O7. The molecular weight excluding hydrogens is 514 g/mol. The molecule has 4 fully saturated rings. The number of para-hydroxylation sites is 1. The topological polar surface area (TPSA) is 212 Å². The number of alkyl halides is 2. The van der Waals surface area contributed by atoms with Crippen LogP contribution in [0.1, 0.15) is 23.2 Å². The number of hydrogen-bond acceptors (Lipinski definition) is 9. The zero-order chi connectivity index (χ0) is 27.2. The standard InChI is InChI=1S/C21H22F2N8O7/c22-21(23)37-10-3-1-2-8(14(10)38-21)16(34)27-11-7-31-18(25)26-9(6-30-12(32)4-5-13(30)33)15-19(31,20(11,35)36)29-17(24)28-15/h1-3,9,11,15,35-36H,4-7H2,(H2,25,26)(H,27,34)(H3,24,28,29)/t9-,11?,15-,19-/m0/s1. The highest BCUT2D eigenvalue weighted by Crippen LogP contribution is 2.45. The Labute approximate surface area is 212 Å². The van der Waals surface area contributed by atoms with Crippen LogP contribution in [0, 0.1) is 10.8 Å². The van der Waals surface area contributed by atoms with E-state index in [4.69, 9.17) is 10.8 Å². The maximum Gasteiger partial charge on any atom is 0.586 e. The highest BCUT2D eigenvalue weighted by atomic mass is 19.3. The molecule has 1 aromatic carbocycles. The van der Waals surface area contributed by atoms with E-state index in [1.165, 1.54) is 23.1 Å². The molecule has 0 aliphatic carbocycles. The summed E-state index contributed by atoms with van der Waals surface area (Å²) in [6.07, 6.45) is -3.91. The molecule has 1 aromatic rings. The minimum absolute atomic E-state index is 0.0361. The molecule has 3 amide bonds. The smallest absolute Gasteiger partial charge is 0.395 e. The summed E-state index contributed by atoms with van der Waals surface area (Å²) in [6, 6.07) is 0.153.